The number of benzene rings is 1. The van der Waals surface area contributed by atoms with E-state index in [0.717, 1.165) is 11.3 Å². The van der Waals surface area contributed by atoms with Gasteiger partial charge < -0.3 is 10.4 Å². The number of aromatic nitrogens is 1. The average molecular weight is 311 g/mol. The van der Waals surface area contributed by atoms with Gasteiger partial charge in [0.2, 0.25) is 5.91 Å². The van der Waals surface area contributed by atoms with Crippen LogP contribution in [0.3, 0.4) is 0 Å². The first-order chi connectivity index (χ1) is 9.58. The zero-order valence-corrected chi connectivity index (χ0v) is 12.5. The quantitative estimate of drug-likeness (QED) is 0.889. The van der Waals surface area contributed by atoms with Crippen LogP contribution in [0.25, 0.3) is 0 Å². The normalized spacial score (nSPS) is 12.2. The van der Waals surface area contributed by atoms with Gasteiger partial charge in [0.05, 0.1) is 12.5 Å². The third kappa shape index (κ3) is 4.03. The SMILES string of the molecule is CCc1cnc(NC(=O)CC(O)c2ccc(Cl)cc2)s1. The molecule has 0 saturated heterocycles. The van der Waals surface area contributed by atoms with Crippen LogP contribution in [0.2, 0.25) is 5.02 Å². The molecule has 0 aliphatic rings. The Morgan fingerprint density at radius 2 is 2.15 bits per heavy atom. The highest BCUT2D eigenvalue weighted by Gasteiger charge is 2.14. The summed E-state index contributed by atoms with van der Waals surface area (Å²) in [5, 5.41) is 13.8. The molecule has 6 heteroatoms. The predicted octanol–water partition coefficient (Wildman–Crippen LogP) is 3.42. The van der Waals surface area contributed by atoms with E-state index in [2.05, 4.69) is 10.3 Å². The lowest BCUT2D eigenvalue weighted by atomic mass is 10.1. The van der Waals surface area contributed by atoms with Crippen molar-refractivity contribution in [2.75, 3.05) is 5.32 Å². The molecule has 1 heterocycles. The highest BCUT2D eigenvalue weighted by Crippen LogP contribution is 2.22. The molecule has 0 radical (unpaired) electrons. The van der Waals surface area contributed by atoms with E-state index in [1.807, 2.05) is 6.92 Å². The van der Waals surface area contributed by atoms with Gasteiger partial charge in [0.25, 0.3) is 0 Å². The predicted molar refractivity (Wildman–Crippen MR) is 81.2 cm³/mol. The number of nitrogens with one attached hydrogen (secondary N) is 1. The summed E-state index contributed by atoms with van der Waals surface area (Å²) in [6.07, 6.45) is 1.78. The largest absolute Gasteiger partial charge is 0.388 e. The van der Waals surface area contributed by atoms with Gasteiger partial charge in [0, 0.05) is 16.1 Å². The number of hydrogen-bond donors (Lipinski definition) is 2. The van der Waals surface area contributed by atoms with Crippen molar-refractivity contribution in [3.63, 3.8) is 0 Å². The van der Waals surface area contributed by atoms with Crippen molar-refractivity contribution in [1.29, 1.82) is 0 Å². The Morgan fingerprint density at radius 1 is 1.45 bits per heavy atom. The van der Waals surface area contributed by atoms with Gasteiger partial charge in [-0.2, -0.15) is 0 Å². The number of rotatable bonds is 5. The second kappa shape index (κ2) is 6.83. The Labute approximate surface area is 126 Å². The Bertz CT molecular complexity index is 583. The molecule has 0 spiro atoms. The zero-order valence-electron chi connectivity index (χ0n) is 11.0. The first-order valence-electron chi connectivity index (χ1n) is 6.26. The Kier molecular flexibility index (Phi) is 5.11. The maximum atomic E-state index is 11.8. The molecule has 1 atom stereocenters. The highest BCUT2D eigenvalue weighted by molar-refractivity contribution is 7.15. The molecule has 4 nitrogen and oxygen atoms in total. The van der Waals surface area contributed by atoms with Crippen LogP contribution < -0.4 is 5.32 Å². The van der Waals surface area contributed by atoms with E-state index in [1.165, 1.54) is 11.3 Å². The molecule has 0 aliphatic heterocycles. The molecule has 0 saturated carbocycles. The summed E-state index contributed by atoms with van der Waals surface area (Å²) < 4.78 is 0. The molecule has 20 heavy (non-hydrogen) atoms. The van der Waals surface area contributed by atoms with Gasteiger partial charge in [-0.3, -0.25) is 4.79 Å². The van der Waals surface area contributed by atoms with E-state index in [-0.39, 0.29) is 12.3 Å². The van der Waals surface area contributed by atoms with Gasteiger partial charge in [-0.05, 0) is 24.1 Å². The molecule has 106 valence electrons. The molecule has 0 fully saturated rings. The van der Waals surface area contributed by atoms with Crippen molar-refractivity contribution >= 4 is 34.0 Å². The zero-order chi connectivity index (χ0) is 14.5. The molecule has 2 N–H and O–H groups in total. The monoisotopic (exact) mass is 310 g/mol. The molecule has 1 aromatic carbocycles. The molecule has 1 unspecified atom stereocenters. The molecular weight excluding hydrogens is 296 g/mol. The molecule has 2 aromatic rings. The lowest BCUT2D eigenvalue weighted by Gasteiger charge is -2.10. The van der Waals surface area contributed by atoms with Crippen LogP contribution in [0, 0.1) is 0 Å². The number of aliphatic hydroxyl groups is 1. The van der Waals surface area contributed by atoms with Crippen LogP contribution >= 0.6 is 22.9 Å². The van der Waals surface area contributed by atoms with Crippen LogP contribution in [-0.4, -0.2) is 16.0 Å². The average Bonchev–Trinajstić information content (AvgIpc) is 2.86. The molecule has 1 amide bonds. The fourth-order valence-corrected chi connectivity index (χ4v) is 2.57. The third-order valence-corrected chi connectivity index (χ3v) is 4.09. The van der Waals surface area contributed by atoms with Crippen LogP contribution in [0.1, 0.15) is 29.9 Å². The fourth-order valence-electron chi connectivity index (χ4n) is 1.68. The first kappa shape index (κ1) is 15.0. The molecule has 0 bridgehead atoms. The van der Waals surface area contributed by atoms with E-state index in [9.17, 15) is 9.90 Å². The minimum Gasteiger partial charge on any atom is -0.388 e. The second-order valence-corrected chi connectivity index (χ2v) is 5.86. The van der Waals surface area contributed by atoms with Gasteiger partial charge in [-0.15, -0.1) is 11.3 Å². The van der Waals surface area contributed by atoms with E-state index in [1.54, 1.807) is 30.5 Å². The first-order valence-corrected chi connectivity index (χ1v) is 7.46. The molecular formula is C14H15ClN2O2S. The number of hydrogen-bond acceptors (Lipinski definition) is 4. The van der Waals surface area contributed by atoms with Crippen LogP contribution in [0.15, 0.2) is 30.5 Å². The van der Waals surface area contributed by atoms with Crippen molar-refractivity contribution in [1.82, 2.24) is 4.98 Å². The van der Waals surface area contributed by atoms with Crippen molar-refractivity contribution in [2.24, 2.45) is 0 Å². The summed E-state index contributed by atoms with van der Waals surface area (Å²) in [6.45, 7) is 2.03. The van der Waals surface area contributed by atoms with E-state index in [4.69, 9.17) is 11.6 Å². The number of anilines is 1. The lowest BCUT2D eigenvalue weighted by molar-refractivity contribution is -0.118. The number of amides is 1. The number of thiazole rings is 1. The van der Waals surface area contributed by atoms with Crippen LogP contribution in [0.5, 0.6) is 0 Å². The number of carbonyl (C=O) groups excluding carboxylic acids is 1. The summed E-state index contributed by atoms with van der Waals surface area (Å²) in [7, 11) is 0. The third-order valence-electron chi connectivity index (χ3n) is 2.78. The minimum absolute atomic E-state index is 0.0112. The summed E-state index contributed by atoms with van der Waals surface area (Å²) in [5.74, 6) is -0.260. The highest BCUT2D eigenvalue weighted by atomic mass is 35.5. The number of halogens is 1. The Morgan fingerprint density at radius 3 is 2.75 bits per heavy atom. The number of nitrogens with zero attached hydrogens (tertiary/aromatic N) is 1. The van der Waals surface area contributed by atoms with Gasteiger partial charge in [0.15, 0.2) is 5.13 Å². The molecule has 2 rings (SSSR count). The molecule has 1 aromatic heterocycles. The van der Waals surface area contributed by atoms with Crippen molar-refractivity contribution < 1.29 is 9.90 Å². The Hall–Kier alpha value is -1.43. The standard InChI is InChI=1S/C14H15ClN2O2S/c1-2-11-8-16-14(20-11)17-13(19)7-12(18)9-3-5-10(15)6-4-9/h3-6,8,12,18H,2,7H2,1H3,(H,16,17,19). The van der Waals surface area contributed by atoms with Crippen molar-refractivity contribution in [2.45, 2.75) is 25.9 Å². The number of carbonyl (C=O) groups is 1. The van der Waals surface area contributed by atoms with Gasteiger partial charge in [-0.1, -0.05) is 30.7 Å². The second-order valence-electron chi connectivity index (χ2n) is 4.30. The summed E-state index contributed by atoms with van der Waals surface area (Å²) >= 11 is 7.22. The number of aliphatic hydroxyl groups excluding tert-OH is 1. The topological polar surface area (TPSA) is 62.2 Å². The maximum Gasteiger partial charge on any atom is 0.229 e. The van der Waals surface area contributed by atoms with Gasteiger partial charge >= 0.3 is 0 Å². The van der Waals surface area contributed by atoms with Crippen molar-refractivity contribution in [3.8, 4) is 0 Å². The number of aryl methyl sites for hydroxylation is 1. The van der Waals surface area contributed by atoms with Crippen LogP contribution in [-0.2, 0) is 11.2 Å². The lowest BCUT2D eigenvalue weighted by Crippen LogP contribution is -2.15. The van der Waals surface area contributed by atoms with E-state index in [0.29, 0.717) is 15.7 Å². The maximum absolute atomic E-state index is 11.8. The Balaban J connectivity index is 1.92. The smallest absolute Gasteiger partial charge is 0.229 e. The summed E-state index contributed by atoms with van der Waals surface area (Å²) in [5.41, 5.74) is 0.665. The van der Waals surface area contributed by atoms with Crippen molar-refractivity contribution in [3.05, 3.63) is 45.9 Å². The van der Waals surface area contributed by atoms with Crippen LogP contribution in [0.4, 0.5) is 5.13 Å². The summed E-state index contributed by atoms with van der Waals surface area (Å²) in [4.78, 5) is 17.0. The minimum atomic E-state index is -0.849. The molecule has 0 aliphatic carbocycles. The van der Waals surface area contributed by atoms with E-state index < -0.39 is 6.10 Å². The van der Waals surface area contributed by atoms with Gasteiger partial charge in [0.1, 0.15) is 0 Å². The van der Waals surface area contributed by atoms with Gasteiger partial charge in [-0.25, -0.2) is 4.98 Å². The van der Waals surface area contributed by atoms with E-state index >= 15 is 0 Å². The fraction of sp³-hybridized carbons (Fsp3) is 0.286. The summed E-state index contributed by atoms with van der Waals surface area (Å²) in [6, 6.07) is 6.79.